The molecule has 23 heavy (non-hydrogen) atoms. The summed E-state index contributed by atoms with van der Waals surface area (Å²) in [5.74, 6) is 0.625. The largest absolute Gasteiger partial charge is 0.395 e. The molecule has 6 heteroatoms. The maximum absolute atomic E-state index is 12.3. The van der Waals surface area contributed by atoms with E-state index in [9.17, 15) is 4.79 Å². The van der Waals surface area contributed by atoms with Crippen molar-refractivity contribution >= 4 is 27.0 Å². The first-order valence-corrected chi connectivity index (χ1v) is 11.9. The van der Waals surface area contributed by atoms with Gasteiger partial charge in [-0.05, 0) is 52.9 Å². The molecule has 0 heterocycles. The molecule has 0 N–H and O–H groups in total. The van der Waals surface area contributed by atoms with Crippen LogP contribution in [0.2, 0.25) is 12.6 Å². The number of nitrogens with zero attached hydrogens (tertiary/aromatic N) is 1. The van der Waals surface area contributed by atoms with Crippen LogP contribution in [-0.2, 0) is 13.6 Å². The van der Waals surface area contributed by atoms with E-state index in [0.29, 0.717) is 36.4 Å². The lowest BCUT2D eigenvalue weighted by molar-refractivity contribution is -0.119. The number of thiol groups is 1. The molecular formula is C17H37NO3SSi. The summed E-state index contributed by atoms with van der Waals surface area (Å²) >= 11 is 4.61. The number of hydrogen-bond acceptors (Lipinski definition) is 5. The number of Topliss-reactive ketones (excluding diaryl/α,β-unsaturated/α-hetero) is 1. The molecule has 0 saturated carbocycles. The van der Waals surface area contributed by atoms with Gasteiger partial charge in [0.2, 0.25) is 0 Å². The second kappa shape index (κ2) is 11.6. The lowest BCUT2D eigenvalue weighted by Gasteiger charge is -2.32. The van der Waals surface area contributed by atoms with Crippen LogP contribution < -0.4 is 0 Å². The van der Waals surface area contributed by atoms with Gasteiger partial charge in [-0.3, -0.25) is 9.69 Å². The summed E-state index contributed by atoms with van der Waals surface area (Å²) in [4.78, 5) is 14.3. The lowest BCUT2D eigenvalue weighted by atomic mass is 9.97. The van der Waals surface area contributed by atoms with Gasteiger partial charge < -0.3 is 8.85 Å². The minimum absolute atomic E-state index is 0.00128. The summed E-state index contributed by atoms with van der Waals surface area (Å²) in [5.41, 5.74) is 0. The Morgan fingerprint density at radius 3 is 2.35 bits per heavy atom. The molecule has 4 nitrogen and oxygen atoms in total. The maximum Gasteiger partial charge on any atom is 0.336 e. The Balaban J connectivity index is 4.47. The van der Waals surface area contributed by atoms with Crippen LogP contribution in [0.4, 0.5) is 0 Å². The van der Waals surface area contributed by atoms with Crippen LogP contribution in [0.3, 0.4) is 0 Å². The Hall–Kier alpha value is 0.117. The first kappa shape index (κ1) is 23.1. The molecule has 4 unspecified atom stereocenters. The van der Waals surface area contributed by atoms with Gasteiger partial charge >= 0.3 is 8.56 Å². The van der Waals surface area contributed by atoms with E-state index in [4.69, 9.17) is 8.85 Å². The fourth-order valence-electron chi connectivity index (χ4n) is 2.48. The summed E-state index contributed by atoms with van der Waals surface area (Å²) in [6.45, 7) is 11.0. The van der Waals surface area contributed by atoms with Gasteiger partial charge in [0.05, 0.1) is 6.23 Å². The van der Waals surface area contributed by atoms with E-state index in [1.165, 1.54) is 0 Å². The molecule has 0 amide bonds. The van der Waals surface area contributed by atoms with Crippen molar-refractivity contribution in [3.05, 3.63) is 0 Å². The zero-order valence-electron chi connectivity index (χ0n) is 16.1. The molecule has 0 aliphatic carbocycles. The van der Waals surface area contributed by atoms with Gasteiger partial charge in [0.25, 0.3) is 0 Å². The Bertz CT molecular complexity index is 344. The monoisotopic (exact) mass is 363 g/mol. The topological polar surface area (TPSA) is 38.8 Å². The van der Waals surface area contributed by atoms with Crippen LogP contribution in [0.15, 0.2) is 0 Å². The van der Waals surface area contributed by atoms with Crippen molar-refractivity contribution in [1.29, 1.82) is 0 Å². The zero-order chi connectivity index (χ0) is 18.0. The predicted molar refractivity (Wildman–Crippen MR) is 103 cm³/mol. The summed E-state index contributed by atoms with van der Waals surface area (Å²) in [5, 5.41) is 0.310. The predicted octanol–water partition coefficient (Wildman–Crippen LogP) is 4.10. The Kier molecular flexibility index (Phi) is 11.7. The molecule has 0 aromatic heterocycles. The Labute approximate surface area is 150 Å². The summed E-state index contributed by atoms with van der Waals surface area (Å²) in [7, 11) is 1.66. The summed E-state index contributed by atoms with van der Waals surface area (Å²) in [6, 6.07) is 0.718. The van der Waals surface area contributed by atoms with E-state index in [1.54, 1.807) is 0 Å². The van der Waals surface area contributed by atoms with Gasteiger partial charge in [0, 0.05) is 24.7 Å². The third kappa shape index (κ3) is 9.87. The van der Waals surface area contributed by atoms with Crippen molar-refractivity contribution in [2.24, 2.45) is 5.92 Å². The average molecular weight is 364 g/mol. The maximum atomic E-state index is 12.3. The lowest BCUT2D eigenvalue weighted by Crippen LogP contribution is -2.45. The van der Waals surface area contributed by atoms with Crippen molar-refractivity contribution in [3.63, 3.8) is 0 Å². The summed E-state index contributed by atoms with van der Waals surface area (Å²) < 4.78 is 12.1. The number of carbonyl (C=O) groups is 1. The van der Waals surface area contributed by atoms with Gasteiger partial charge in [0.15, 0.2) is 0 Å². The van der Waals surface area contributed by atoms with E-state index in [2.05, 4.69) is 33.0 Å². The molecule has 0 saturated heterocycles. The highest BCUT2D eigenvalue weighted by atomic mass is 32.1. The molecule has 0 aromatic carbocycles. The molecule has 138 valence electrons. The van der Waals surface area contributed by atoms with E-state index in [-0.39, 0.29) is 6.23 Å². The molecule has 4 atom stereocenters. The molecule has 0 aromatic rings. The molecular weight excluding hydrogens is 326 g/mol. The number of carbonyl (C=O) groups excluding carboxylic acids is 1. The van der Waals surface area contributed by atoms with Crippen molar-refractivity contribution in [1.82, 2.24) is 4.90 Å². The van der Waals surface area contributed by atoms with Crippen LogP contribution in [0.25, 0.3) is 0 Å². The first-order chi connectivity index (χ1) is 10.6. The van der Waals surface area contributed by atoms with Gasteiger partial charge in [-0.1, -0.05) is 20.3 Å². The number of rotatable bonds is 13. The van der Waals surface area contributed by atoms with E-state index in [0.717, 1.165) is 18.9 Å². The minimum Gasteiger partial charge on any atom is -0.395 e. The van der Waals surface area contributed by atoms with Crippen LogP contribution in [0.1, 0.15) is 53.4 Å². The van der Waals surface area contributed by atoms with Crippen LogP contribution in [0, 0.1) is 5.92 Å². The van der Waals surface area contributed by atoms with Gasteiger partial charge in [-0.2, -0.15) is 12.6 Å². The third-order valence-electron chi connectivity index (χ3n) is 4.25. The number of ketones is 1. The second-order valence-electron chi connectivity index (χ2n) is 6.82. The molecule has 0 radical (unpaired) electrons. The smallest absolute Gasteiger partial charge is 0.336 e. The normalized spacial score (nSPS) is 18.5. The average Bonchev–Trinajstić information content (AvgIpc) is 2.45. The minimum atomic E-state index is -2.31. The van der Waals surface area contributed by atoms with E-state index in [1.807, 2.05) is 32.8 Å². The van der Waals surface area contributed by atoms with Crippen LogP contribution in [-0.4, -0.2) is 51.4 Å². The molecule has 0 rings (SSSR count). The third-order valence-corrected chi connectivity index (χ3v) is 7.91. The highest BCUT2D eigenvalue weighted by Crippen LogP contribution is 2.23. The molecule has 0 bridgehead atoms. The standard InChI is InChI=1S/C17H37NO3SSi/c1-8-10-17(22)14(3)13-16(19)11-12-23(7,20-9-2)21-15(4)18(5)6/h14-15,17,22H,8-13H2,1-7H3. The van der Waals surface area contributed by atoms with Crippen molar-refractivity contribution in [2.75, 3.05) is 20.7 Å². The van der Waals surface area contributed by atoms with E-state index < -0.39 is 8.56 Å². The molecule has 0 fully saturated rings. The Morgan fingerprint density at radius 2 is 1.87 bits per heavy atom. The first-order valence-electron chi connectivity index (χ1n) is 8.83. The fraction of sp³-hybridized carbons (Fsp3) is 0.941. The summed E-state index contributed by atoms with van der Waals surface area (Å²) in [6.07, 6.45) is 3.32. The fourth-order valence-corrected chi connectivity index (χ4v) is 5.45. The zero-order valence-corrected chi connectivity index (χ0v) is 18.0. The molecule has 0 aliphatic rings. The second-order valence-corrected chi connectivity index (χ2v) is 10.8. The van der Waals surface area contributed by atoms with Gasteiger partial charge in [-0.15, -0.1) is 0 Å². The quantitative estimate of drug-likeness (QED) is 0.304. The highest BCUT2D eigenvalue weighted by Gasteiger charge is 2.34. The number of hydrogen-bond donors (Lipinski definition) is 1. The van der Waals surface area contributed by atoms with Gasteiger partial charge in [0.1, 0.15) is 5.78 Å². The highest BCUT2D eigenvalue weighted by molar-refractivity contribution is 7.81. The SMILES string of the molecule is CCCC(S)C(C)CC(=O)CC[Si](C)(OCC)OC(C)N(C)C. The van der Waals surface area contributed by atoms with Gasteiger partial charge in [-0.25, -0.2) is 0 Å². The Morgan fingerprint density at radius 1 is 1.26 bits per heavy atom. The van der Waals surface area contributed by atoms with Crippen molar-refractivity contribution in [3.8, 4) is 0 Å². The molecule has 0 aliphatic heterocycles. The van der Waals surface area contributed by atoms with Crippen molar-refractivity contribution in [2.45, 2.75) is 77.4 Å². The van der Waals surface area contributed by atoms with Crippen molar-refractivity contribution < 1.29 is 13.6 Å². The van der Waals surface area contributed by atoms with Crippen LogP contribution >= 0.6 is 12.6 Å². The molecule has 0 spiro atoms. The van der Waals surface area contributed by atoms with Crippen LogP contribution in [0.5, 0.6) is 0 Å². The van der Waals surface area contributed by atoms with E-state index >= 15 is 0 Å².